The van der Waals surface area contributed by atoms with E-state index in [-0.39, 0.29) is 0 Å². The average Bonchev–Trinajstić information content (AvgIpc) is 2.32. The fourth-order valence-electron chi connectivity index (χ4n) is 2.44. The maximum atomic E-state index is 14.1. The Morgan fingerprint density at radius 2 is 2.00 bits per heavy atom. The van der Waals surface area contributed by atoms with E-state index in [1.165, 1.54) is 0 Å². The summed E-state index contributed by atoms with van der Waals surface area (Å²) in [5.41, 5.74) is -1.38. The molecule has 0 heterocycles. The molecule has 1 saturated carbocycles. The number of hydrogen-bond acceptors (Lipinski definition) is 3. The van der Waals surface area contributed by atoms with Crippen LogP contribution in [0.4, 0.5) is 8.78 Å². The Kier molecular flexibility index (Phi) is 4.03. The van der Waals surface area contributed by atoms with Gasteiger partial charge in [-0.1, -0.05) is 6.92 Å². The predicted octanol–water partition coefficient (Wildman–Crippen LogP) is 1.67. The van der Waals surface area contributed by atoms with E-state index in [0.29, 0.717) is 12.5 Å². The highest BCUT2D eigenvalue weighted by Gasteiger charge is 2.38. The summed E-state index contributed by atoms with van der Waals surface area (Å²) in [6.45, 7) is 1.87. The number of carbonyl (C=O) groups is 1. The van der Waals surface area contributed by atoms with Gasteiger partial charge in [-0.3, -0.25) is 4.79 Å². The van der Waals surface area contributed by atoms with E-state index >= 15 is 0 Å². The lowest BCUT2D eigenvalue weighted by Gasteiger charge is -2.42. The van der Waals surface area contributed by atoms with Crippen molar-refractivity contribution in [3.05, 3.63) is 29.3 Å². The monoisotopic (exact) mass is 318 g/mol. The molecule has 3 N–H and O–H groups in total. The van der Waals surface area contributed by atoms with Gasteiger partial charge in [-0.25, -0.2) is 22.3 Å². The normalized spacial score (nSPS) is 17.1. The van der Waals surface area contributed by atoms with E-state index in [0.717, 1.165) is 25.3 Å². The minimum absolute atomic E-state index is 0.465. The van der Waals surface area contributed by atoms with E-state index in [9.17, 15) is 22.0 Å². The van der Waals surface area contributed by atoms with Gasteiger partial charge in [-0.2, -0.15) is 0 Å². The highest BCUT2D eigenvalue weighted by atomic mass is 32.2. The van der Waals surface area contributed by atoms with Crippen LogP contribution < -0.4 is 10.5 Å². The largest absolute Gasteiger partial charge is 0.346 e. The molecule has 1 aromatic rings. The van der Waals surface area contributed by atoms with E-state index in [2.05, 4.69) is 5.32 Å². The maximum Gasteiger partial charge on any atom is 0.257 e. The van der Waals surface area contributed by atoms with Gasteiger partial charge in [0.2, 0.25) is 10.0 Å². The van der Waals surface area contributed by atoms with Crippen LogP contribution in [0.1, 0.15) is 43.0 Å². The standard InChI is InChI=1S/C13H16F2N2O3S/c1-2-13(6-3-7-13)17-12(18)10-8(14)4-5-9(11(10)15)21(16,19)20/h4-5H,2-3,6-7H2,1H3,(H,17,18)(H2,16,19,20). The average molecular weight is 318 g/mol. The molecule has 0 atom stereocenters. The summed E-state index contributed by atoms with van der Waals surface area (Å²) >= 11 is 0. The van der Waals surface area contributed by atoms with Crippen molar-refractivity contribution in [2.45, 2.75) is 43.0 Å². The van der Waals surface area contributed by atoms with Crippen LogP contribution in [-0.2, 0) is 10.0 Å². The first-order valence-electron chi connectivity index (χ1n) is 6.53. The van der Waals surface area contributed by atoms with Crippen LogP contribution in [-0.4, -0.2) is 19.9 Å². The number of nitrogens with one attached hydrogen (secondary N) is 1. The summed E-state index contributed by atoms with van der Waals surface area (Å²) in [6, 6.07) is 1.42. The van der Waals surface area contributed by atoms with Crippen LogP contribution in [0.5, 0.6) is 0 Å². The summed E-state index contributed by atoms with van der Waals surface area (Å²) in [5, 5.41) is 7.45. The number of benzene rings is 1. The summed E-state index contributed by atoms with van der Waals surface area (Å²) in [7, 11) is -4.37. The van der Waals surface area contributed by atoms with E-state index in [1.807, 2.05) is 6.92 Å². The molecule has 1 aliphatic carbocycles. The minimum atomic E-state index is -4.37. The lowest BCUT2D eigenvalue weighted by Crippen LogP contribution is -2.53. The van der Waals surface area contributed by atoms with Crippen molar-refractivity contribution in [1.82, 2.24) is 5.32 Å². The molecule has 1 amide bonds. The van der Waals surface area contributed by atoms with Crippen molar-refractivity contribution in [3.63, 3.8) is 0 Å². The smallest absolute Gasteiger partial charge is 0.257 e. The van der Waals surface area contributed by atoms with Crippen LogP contribution in [0.15, 0.2) is 17.0 Å². The third kappa shape index (κ3) is 2.91. The number of primary sulfonamides is 1. The van der Waals surface area contributed by atoms with Gasteiger partial charge in [0.25, 0.3) is 5.91 Å². The molecule has 0 spiro atoms. The highest BCUT2D eigenvalue weighted by Crippen LogP contribution is 2.35. The van der Waals surface area contributed by atoms with Crippen molar-refractivity contribution in [2.24, 2.45) is 5.14 Å². The molecule has 0 radical (unpaired) electrons. The van der Waals surface area contributed by atoms with Gasteiger partial charge in [0.1, 0.15) is 16.3 Å². The summed E-state index contributed by atoms with van der Waals surface area (Å²) in [6.07, 6.45) is 3.02. The Hall–Kier alpha value is -1.54. The molecule has 2 rings (SSSR count). The lowest BCUT2D eigenvalue weighted by molar-refractivity contribution is 0.0811. The first kappa shape index (κ1) is 15.8. The fourth-order valence-corrected chi connectivity index (χ4v) is 3.04. The Bertz CT molecular complexity index is 679. The zero-order valence-electron chi connectivity index (χ0n) is 11.4. The van der Waals surface area contributed by atoms with Crippen LogP contribution >= 0.6 is 0 Å². The zero-order chi connectivity index (χ0) is 15.8. The van der Waals surface area contributed by atoms with Crippen LogP contribution in [0.25, 0.3) is 0 Å². The highest BCUT2D eigenvalue weighted by molar-refractivity contribution is 7.89. The Balaban J connectivity index is 2.41. The van der Waals surface area contributed by atoms with E-state index < -0.39 is 43.6 Å². The molecule has 8 heteroatoms. The molecule has 0 aliphatic heterocycles. The number of hydrogen-bond donors (Lipinski definition) is 2. The third-order valence-electron chi connectivity index (χ3n) is 3.96. The second kappa shape index (κ2) is 5.34. The summed E-state index contributed by atoms with van der Waals surface area (Å²) in [5.74, 6) is -3.54. The van der Waals surface area contributed by atoms with Gasteiger partial charge < -0.3 is 5.32 Å². The zero-order valence-corrected chi connectivity index (χ0v) is 12.3. The number of carbonyl (C=O) groups excluding carboxylic acids is 1. The fraction of sp³-hybridized carbons (Fsp3) is 0.462. The molecule has 116 valence electrons. The van der Waals surface area contributed by atoms with Crippen molar-refractivity contribution >= 4 is 15.9 Å². The number of rotatable bonds is 4. The molecular weight excluding hydrogens is 302 g/mol. The summed E-state index contributed by atoms with van der Waals surface area (Å²) < 4.78 is 50.3. The molecule has 0 unspecified atom stereocenters. The number of nitrogens with two attached hydrogens (primary N) is 1. The Morgan fingerprint density at radius 3 is 2.43 bits per heavy atom. The van der Waals surface area contributed by atoms with Gasteiger partial charge in [0.15, 0.2) is 5.82 Å². The van der Waals surface area contributed by atoms with Gasteiger partial charge in [0, 0.05) is 5.54 Å². The van der Waals surface area contributed by atoms with Crippen LogP contribution in [0.3, 0.4) is 0 Å². The number of halogens is 2. The molecular formula is C13H16F2N2O3S. The predicted molar refractivity (Wildman–Crippen MR) is 72.1 cm³/mol. The molecule has 0 saturated heterocycles. The van der Waals surface area contributed by atoms with Gasteiger partial charge >= 0.3 is 0 Å². The first-order valence-corrected chi connectivity index (χ1v) is 8.08. The SMILES string of the molecule is CCC1(NC(=O)c2c(F)ccc(S(N)(=O)=O)c2F)CCC1. The Labute approximate surface area is 121 Å². The topological polar surface area (TPSA) is 89.3 Å². The van der Waals surface area contributed by atoms with Crippen molar-refractivity contribution in [1.29, 1.82) is 0 Å². The number of sulfonamides is 1. The second-order valence-corrected chi connectivity index (χ2v) is 6.75. The lowest BCUT2D eigenvalue weighted by atomic mass is 9.74. The van der Waals surface area contributed by atoms with Gasteiger partial charge in [-0.15, -0.1) is 0 Å². The quantitative estimate of drug-likeness (QED) is 0.885. The van der Waals surface area contributed by atoms with Gasteiger partial charge in [-0.05, 0) is 37.8 Å². The number of amides is 1. The molecule has 1 fully saturated rings. The molecule has 1 aliphatic rings. The van der Waals surface area contributed by atoms with Crippen molar-refractivity contribution in [2.75, 3.05) is 0 Å². The first-order chi connectivity index (χ1) is 9.70. The summed E-state index contributed by atoms with van der Waals surface area (Å²) in [4.78, 5) is 11.2. The van der Waals surface area contributed by atoms with Crippen LogP contribution in [0.2, 0.25) is 0 Å². The molecule has 0 aromatic heterocycles. The van der Waals surface area contributed by atoms with E-state index in [4.69, 9.17) is 5.14 Å². The third-order valence-corrected chi connectivity index (χ3v) is 4.88. The molecule has 21 heavy (non-hydrogen) atoms. The van der Waals surface area contributed by atoms with Crippen LogP contribution in [0, 0.1) is 11.6 Å². The van der Waals surface area contributed by atoms with Gasteiger partial charge in [0.05, 0.1) is 0 Å². The maximum absolute atomic E-state index is 14.1. The molecule has 5 nitrogen and oxygen atoms in total. The van der Waals surface area contributed by atoms with Crippen molar-refractivity contribution < 1.29 is 22.0 Å². The molecule has 1 aromatic carbocycles. The van der Waals surface area contributed by atoms with E-state index in [1.54, 1.807) is 0 Å². The van der Waals surface area contributed by atoms with Crippen molar-refractivity contribution in [3.8, 4) is 0 Å². The molecule has 0 bridgehead atoms. The Morgan fingerprint density at radius 1 is 1.38 bits per heavy atom. The minimum Gasteiger partial charge on any atom is -0.346 e. The second-order valence-electron chi connectivity index (χ2n) is 5.22.